The molecule has 2 N–H and O–H groups in total. The summed E-state index contributed by atoms with van der Waals surface area (Å²) in [5.74, 6) is 1.16. The van der Waals surface area contributed by atoms with Crippen LogP contribution in [0.1, 0.15) is 58.8 Å². The number of likely N-dealkylation sites (tertiary alicyclic amines) is 1. The molecule has 174 valence electrons. The highest BCUT2D eigenvalue weighted by Gasteiger charge is 2.34. The Kier molecular flexibility index (Phi) is 11.2. The number of aliphatic imine (C=N–C) groups is 1. The van der Waals surface area contributed by atoms with Crippen LogP contribution in [0.3, 0.4) is 0 Å². The van der Waals surface area contributed by atoms with Gasteiger partial charge in [-0.3, -0.25) is 14.7 Å². The number of rotatable bonds is 7. The molecule has 0 spiro atoms. The first-order chi connectivity index (χ1) is 14.1. The zero-order chi connectivity index (χ0) is 20.5. The van der Waals surface area contributed by atoms with E-state index >= 15 is 0 Å². The average Bonchev–Trinajstić information content (AvgIpc) is 3.22. The quantitative estimate of drug-likeness (QED) is 0.298. The third-order valence-corrected chi connectivity index (χ3v) is 6.68. The lowest BCUT2D eigenvalue weighted by atomic mass is 9.73. The van der Waals surface area contributed by atoms with Crippen LogP contribution in [0.5, 0.6) is 0 Å². The van der Waals surface area contributed by atoms with Gasteiger partial charge in [0, 0.05) is 63.7 Å². The van der Waals surface area contributed by atoms with Crippen molar-refractivity contribution in [3.63, 3.8) is 0 Å². The number of morpholine rings is 1. The van der Waals surface area contributed by atoms with Crippen molar-refractivity contribution in [3.8, 4) is 0 Å². The van der Waals surface area contributed by atoms with Crippen LogP contribution in [0.4, 0.5) is 0 Å². The number of guanidine groups is 1. The minimum absolute atomic E-state index is 0. The summed E-state index contributed by atoms with van der Waals surface area (Å²) in [6.45, 7) is 12.4. The van der Waals surface area contributed by atoms with Crippen LogP contribution in [0.2, 0.25) is 0 Å². The smallest absolute Gasteiger partial charge is 0.222 e. The van der Waals surface area contributed by atoms with Gasteiger partial charge in [0.2, 0.25) is 5.91 Å². The van der Waals surface area contributed by atoms with Crippen LogP contribution in [-0.4, -0.2) is 86.7 Å². The Balaban J connectivity index is 0.00000320. The van der Waals surface area contributed by atoms with Gasteiger partial charge in [0.25, 0.3) is 0 Å². The highest BCUT2D eigenvalue weighted by Crippen LogP contribution is 2.37. The van der Waals surface area contributed by atoms with Crippen molar-refractivity contribution in [2.75, 3.05) is 59.0 Å². The number of nitrogens with zero attached hydrogens (tertiary/aromatic N) is 3. The normalized spacial score (nSPS) is 24.9. The molecule has 7 nitrogen and oxygen atoms in total. The number of ether oxygens (including phenoxy) is 1. The molecule has 1 amide bonds. The van der Waals surface area contributed by atoms with Crippen LogP contribution in [0, 0.1) is 5.41 Å². The summed E-state index contributed by atoms with van der Waals surface area (Å²) in [6, 6.07) is 0.296. The Labute approximate surface area is 199 Å². The van der Waals surface area contributed by atoms with Gasteiger partial charge in [-0.1, -0.05) is 26.2 Å². The summed E-state index contributed by atoms with van der Waals surface area (Å²) in [5, 5.41) is 7.03. The summed E-state index contributed by atoms with van der Waals surface area (Å²) in [4.78, 5) is 21.6. The van der Waals surface area contributed by atoms with Crippen molar-refractivity contribution in [1.82, 2.24) is 20.4 Å². The number of hydrogen-bond donors (Lipinski definition) is 2. The fourth-order valence-corrected chi connectivity index (χ4v) is 4.99. The van der Waals surface area contributed by atoms with Gasteiger partial charge in [0.05, 0.1) is 13.2 Å². The Morgan fingerprint density at radius 2 is 1.87 bits per heavy atom. The zero-order valence-corrected chi connectivity index (χ0v) is 21.3. The summed E-state index contributed by atoms with van der Waals surface area (Å²) in [5.41, 5.74) is 0.290. The van der Waals surface area contributed by atoms with Gasteiger partial charge >= 0.3 is 0 Å². The van der Waals surface area contributed by atoms with E-state index in [4.69, 9.17) is 9.73 Å². The van der Waals surface area contributed by atoms with E-state index in [-0.39, 0.29) is 35.3 Å². The molecule has 2 heterocycles. The fourth-order valence-electron chi connectivity index (χ4n) is 4.99. The third-order valence-electron chi connectivity index (χ3n) is 6.68. The molecule has 1 atom stereocenters. The largest absolute Gasteiger partial charge is 0.379 e. The van der Waals surface area contributed by atoms with Gasteiger partial charge in [0.15, 0.2) is 5.96 Å². The monoisotopic (exact) mass is 535 g/mol. The number of halogens is 1. The van der Waals surface area contributed by atoms with E-state index in [1.54, 1.807) is 0 Å². The van der Waals surface area contributed by atoms with Crippen molar-refractivity contribution in [3.05, 3.63) is 0 Å². The van der Waals surface area contributed by atoms with E-state index in [1.165, 1.54) is 32.1 Å². The molecule has 8 heteroatoms. The van der Waals surface area contributed by atoms with Crippen molar-refractivity contribution in [1.29, 1.82) is 0 Å². The third kappa shape index (κ3) is 7.51. The van der Waals surface area contributed by atoms with Crippen LogP contribution in [0.25, 0.3) is 0 Å². The van der Waals surface area contributed by atoms with E-state index in [2.05, 4.69) is 22.5 Å². The Bertz CT molecular complexity index is 548. The SMILES string of the molecule is CCNC(=NCC1(CN2CCOCC2)CCCCC1)NC1CCN(C(=O)CC)C1.I. The van der Waals surface area contributed by atoms with Crippen LogP contribution < -0.4 is 10.6 Å². The van der Waals surface area contributed by atoms with Crippen LogP contribution in [-0.2, 0) is 9.53 Å². The molecule has 0 bridgehead atoms. The number of amides is 1. The Morgan fingerprint density at radius 3 is 2.53 bits per heavy atom. The molecule has 1 aliphatic carbocycles. The number of carbonyl (C=O) groups excluding carboxylic acids is 1. The van der Waals surface area contributed by atoms with Gasteiger partial charge in [-0.2, -0.15) is 0 Å². The van der Waals surface area contributed by atoms with Crippen LogP contribution >= 0.6 is 24.0 Å². The summed E-state index contributed by atoms with van der Waals surface area (Å²) >= 11 is 0. The predicted octanol–water partition coefficient (Wildman–Crippen LogP) is 2.45. The standard InChI is InChI=1S/C22H41N5O2.HI/c1-3-20(28)27-11-8-19(16-27)25-21(23-4-2)24-17-22(9-6-5-7-10-22)18-26-12-14-29-15-13-26;/h19H,3-18H2,1-2H3,(H2,23,24,25);1H. The van der Waals surface area contributed by atoms with Gasteiger partial charge in [-0.15, -0.1) is 24.0 Å². The van der Waals surface area contributed by atoms with E-state index < -0.39 is 0 Å². The molecular formula is C22H42IN5O2. The highest BCUT2D eigenvalue weighted by atomic mass is 127. The molecule has 2 saturated heterocycles. The second-order valence-electron chi connectivity index (χ2n) is 8.97. The lowest BCUT2D eigenvalue weighted by molar-refractivity contribution is -0.129. The van der Waals surface area contributed by atoms with Gasteiger partial charge in [-0.05, 0) is 26.2 Å². The highest BCUT2D eigenvalue weighted by molar-refractivity contribution is 14.0. The molecule has 1 saturated carbocycles. The maximum Gasteiger partial charge on any atom is 0.222 e. The number of hydrogen-bond acceptors (Lipinski definition) is 4. The number of carbonyl (C=O) groups is 1. The van der Waals surface area contributed by atoms with Gasteiger partial charge < -0.3 is 20.3 Å². The van der Waals surface area contributed by atoms with Crippen molar-refractivity contribution in [2.45, 2.75) is 64.8 Å². The minimum Gasteiger partial charge on any atom is -0.379 e. The second kappa shape index (κ2) is 13.1. The Hall–Kier alpha value is -0.610. The maximum atomic E-state index is 12.0. The second-order valence-corrected chi connectivity index (χ2v) is 8.97. The molecule has 0 aromatic carbocycles. The maximum absolute atomic E-state index is 12.0. The van der Waals surface area contributed by atoms with Crippen molar-refractivity contribution < 1.29 is 9.53 Å². The molecule has 3 fully saturated rings. The van der Waals surface area contributed by atoms with Gasteiger partial charge in [-0.25, -0.2) is 0 Å². The molecule has 2 aliphatic heterocycles. The summed E-state index contributed by atoms with van der Waals surface area (Å²) < 4.78 is 5.54. The first-order valence-corrected chi connectivity index (χ1v) is 11.8. The molecule has 30 heavy (non-hydrogen) atoms. The average molecular weight is 536 g/mol. The summed E-state index contributed by atoms with van der Waals surface area (Å²) in [7, 11) is 0. The van der Waals surface area contributed by atoms with E-state index in [1.807, 2.05) is 11.8 Å². The van der Waals surface area contributed by atoms with Crippen molar-refractivity contribution in [2.24, 2.45) is 10.4 Å². The first kappa shape index (κ1) is 25.6. The molecule has 0 aromatic rings. The molecule has 3 aliphatic rings. The van der Waals surface area contributed by atoms with Crippen LogP contribution in [0.15, 0.2) is 4.99 Å². The Morgan fingerprint density at radius 1 is 1.13 bits per heavy atom. The topological polar surface area (TPSA) is 69.2 Å². The van der Waals surface area contributed by atoms with E-state index in [9.17, 15) is 4.79 Å². The minimum atomic E-state index is 0. The van der Waals surface area contributed by atoms with Crippen molar-refractivity contribution >= 4 is 35.8 Å². The number of nitrogens with one attached hydrogen (secondary N) is 2. The van der Waals surface area contributed by atoms with E-state index in [0.717, 1.165) is 71.4 Å². The first-order valence-electron chi connectivity index (χ1n) is 11.8. The zero-order valence-electron chi connectivity index (χ0n) is 19.0. The fraction of sp³-hybridized carbons (Fsp3) is 0.909. The predicted molar refractivity (Wildman–Crippen MR) is 133 cm³/mol. The van der Waals surface area contributed by atoms with E-state index in [0.29, 0.717) is 12.5 Å². The molecule has 1 unspecified atom stereocenters. The molecular weight excluding hydrogens is 493 g/mol. The van der Waals surface area contributed by atoms with Gasteiger partial charge in [0.1, 0.15) is 0 Å². The molecule has 0 aromatic heterocycles. The summed E-state index contributed by atoms with van der Waals surface area (Å²) in [6.07, 6.45) is 8.13. The molecule has 3 rings (SSSR count). The lowest BCUT2D eigenvalue weighted by Gasteiger charge is -2.41. The molecule has 0 radical (unpaired) electrons. The lowest BCUT2D eigenvalue weighted by Crippen LogP contribution is -2.48.